The molecule has 158 valence electrons. The number of amides is 1. The lowest BCUT2D eigenvalue weighted by Crippen LogP contribution is -2.22. The van der Waals surface area contributed by atoms with E-state index in [0.717, 1.165) is 0 Å². The Hall–Kier alpha value is -3.69. The summed E-state index contributed by atoms with van der Waals surface area (Å²) in [5.74, 6) is -1.92. The lowest BCUT2D eigenvalue weighted by atomic mass is 10.1. The maximum absolute atomic E-state index is 12.6. The smallest absolute Gasteiger partial charge is 0.271 e. The van der Waals surface area contributed by atoms with E-state index in [4.69, 9.17) is 11.6 Å². The van der Waals surface area contributed by atoms with Crippen LogP contribution >= 0.6 is 11.6 Å². The lowest BCUT2D eigenvalue weighted by Gasteiger charge is -2.09. The number of carbonyl (C=O) groups is 2. The van der Waals surface area contributed by atoms with Crippen molar-refractivity contribution in [3.05, 3.63) is 94.5 Å². The minimum absolute atomic E-state index is 0.0191. The maximum Gasteiger partial charge on any atom is 0.271 e. The molecule has 0 unspecified atom stereocenters. The summed E-state index contributed by atoms with van der Waals surface area (Å²) in [5.41, 5.74) is 3.23. The molecule has 0 aliphatic heterocycles. The average molecular weight is 457 g/mol. The first-order valence-corrected chi connectivity index (χ1v) is 10.6. The highest BCUT2D eigenvalue weighted by Gasteiger charge is 2.16. The lowest BCUT2D eigenvalue weighted by molar-refractivity contribution is -0.255. The molecule has 0 aromatic heterocycles. The normalized spacial score (nSPS) is 11.3. The largest absolute Gasteiger partial charge is 0.545 e. The molecule has 31 heavy (non-hydrogen) atoms. The molecule has 1 amide bonds. The Morgan fingerprint density at radius 2 is 1.65 bits per heavy atom. The van der Waals surface area contributed by atoms with Crippen LogP contribution in [0, 0.1) is 0 Å². The molecule has 0 fully saturated rings. The van der Waals surface area contributed by atoms with Gasteiger partial charge in [-0.05, 0) is 47.5 Å². The fourth-order valence-corrected chi connectivity index (χ4v) is 3.79. The molecule has 3 aromatic rings. The van der Waals surface area contributed by atoms with Gasteiger partial charge in [-0.15, -0.1) is 0 Å². The molecule has 0 aliphatic rings. The zero-order chi connectivity index (χ0) is 22.4. The zero-order valence-corrected chi connectivity index (χ0v) is 17.4. The Kier molecular flexibility index (Phi) is 6.68. The van der Waals surface area contributed by atoms with Crippen molar-refractivity contribution in [2.24, 2.45) is 5.10 Å². The van der Waals surface area contributed by atoms with Gasteiger partial charge < -0.3 is 9.90 Å². The summed E-state index contributed by atoms with van der Waals surface area (Å²) in [7, 11) is -3.94. The Balaban J connectivity index is 1.70. The number of benzene rings is 3. The number of halogens is 1. The van der Waals surface area contributed by atoms with Gasteiger partial charge in [0.15, 0.2) is 0 Å². The number of anilines is 1. The van der Waals surface area contributed by atoms with Gasteiger partial charge in [0, 0.05) is 10.6 Å². The topological polar surface area (TPSA) is 128 Å². The van der Waals surface area contributed by atoms with Crippen molar-refractivity contribution >= 4 is 45.4 Å². The number of rotatable bonds is 7. The third kappa shape index (κ3) is 5.91. The molecule has 3 aromatic carbocycles. The number of hydrogen-bond acceptors (Lipinski definition) is 6. The van der Waals surface area contributed by atoms with Crippen molar-refractivity contribution in [1.82, 2.24) is 5.43 Å². The van der Waals surface area contributed by atoms with E-state index in [0.29, 0.717) is 10.6 Å². The highest BCUT2D eigenvalue weighted by Crippen LogP contribution is 2.20. The molecule has 0 atom stereocenters. The molecule has 0 spiro atoms. The van der Waals surface area contributed by atoms with E-state index in [-0.39, 0.29) is 21.7 Å². The molecule has 0 aliphatic carbocycles. The SMILES string of the molecule is O=C([O-])c1ccc(/C=N\NC(=O)c2cccc(S(=O)(=O)Nc3cccc(Cl)c3)c2)cc1. The summed E-state index contributed by atoms with van der Waals surface area (Å²) in [4.78, 5) is 22.9. The van der Waals surface area contributed by atoms with Crippen LogP contribution in [0.2, 0.25) is 5.02 Å². The van der Waals surface area contributed by atoms with Crippen molar-refractivity contribution in [2.45, 2.75) is 4.90 Å². The standard InChI is InChI=1S/C21H16ClN3O5S/c22-17-4-2-5-18(12-17)25-31(29,30)19-6-1-3-16(11-19)20(26)24-23-13-14-7-9-15(10-8-14)21(27)28/h1-13,25H,(H,24,26)(H,27,28)/p-1/b23-13-. The van der Waals surface area contributed by atoms with E-state index in [1.54, 1.807) is 18.2 Å². The Morgan fingerprint density at radius 3 is 2.32 bits per heavy atom. The molecule has 0 saturated heterocycles. The number of hydrogen-bond donors (Lipinski definition) is 2. The molecule has 2 N–H and O–H groups in total. The van der Waals surface area contributed by atoms with Crippen LogP contribution in [0.25, 0.3) is 0 Å². The second kappa shape index (κ2) is 9.41. The summed E-state index contributed by atoms with van der Waals surface area (Å²) < 4.78 is 27.6. The Bertz CT molecular complexity index is 1260. The van der Waals surface area contributed by atoms with Crippen LogP contribution in [-0.4, -0.2) is 26.5 Å². The van der Waals surface area contributed by atoms with Crippen molar-refractivity contribution in [1.29, 1.82) is 0 Å². The van der Waals surface area contributed by atoms with E-state index >= 15 is 0 Å². The second-order valence-corrected chi connectivity index (χ2v) is 8.37. The van der Waals surface area contributed by atoms with Crippen molar-refractivity contribution in [3.63, 3.8) is 0 Å². The molecular weight excluding hydrogens is 442 g/mol. The van der Waals surface area contributed by atoms with Crippen LogP contribution in [0.5, 0.6) is 0 Å². The van der Waals surface area contributed by atoms with Gasteiger partial charge >= 0.3 is 0 Å². The average Bonchev–Trinajstić information content (AvgIpc) is 2.74. The van der Waals surface area contributed by atoms with E-state index in [2.05, 4.69) is 15.2 Å². The summed E-state index contributed by atoms with van der Waals surface area (Å²) in [5, 5.41) is 14.9. The maximum atomic E-state index is 12.6. The van der Waals surface area contributed by atoms with Gasteiger partial charge in [-0.25, -0.2) is 13.8 Å². The predicted octanol–water partition coefficient (Wildman–Crippen LogP) is 2.27. The predicted molar refractivity (Wildman–Crippen MR) is 115 cm³/mol. The number of nitrogens with one attached hydrogen (secondary N) is 2. The van der Waals surface area contributed by atoms with Crippen LogP contribution in [0.1, 0.15) is 26.3 Å². The van der Waals surface area contributed by atoms with Crippen LogP contribution in [0.3, 0.4) is 0 Å². The van der Waals surface area contributed by atoms with E-state index in [9.17, 15) is 23.1 Å². The van der Waals surface area contributed by atoms with Crippen LogP contribution in [0.4, 0.5) is 5.69 Å². The summed E-state index contributed by atoms with van der Waals surface area (Å²) in [6, 6.07) is 17.4. The van der Waals surface area contributed by atoms with Crippen molar-refractivity contribution in [2.75, 3.05) is 4.72 Å². The molecule has 10 heteroatoms. The molecule has 0 radical (unpaired) electrons. The first-order valence-electron chi connectivity index (χ1n) is 8.78. The monoisotopic (exact) mass is 456 g/mol. The summed E-state index contributed by atoms with van der Waals surface area (Å²) >= 11 is 5.87. The number of carboxylic acid groups (broad SMARTS) is 1. The summed E-state index contributed by atoms with van der Waals surface area (Å²) in [6.45, 7) is 0. The molecular formula is C21H15ClN3O5S-. The van der Waals surface area contributed by atoms with Gasteiger partial charge in [0.1, 0.15) is 0 Å². The number of carbonyl (C=O) groups excluding carboxylic acids is 2. The minimum atomic E-state index is -3.94. The Labute approximate surface area is 183 Å². The van der Waals surface area contributed by atoms with Gasteiger partial charge in [0.05, 0.1) is 22.8 Å². The second-order valence-electron chi connectivity index (χ2n) is 6.25. The zero-order valence-electron chi connectivity index (χ0n) is 15.8. The number of aromatic carboxylic acids is 1. The fraction of sp³-hybridized carbons (Fsp3) is 0. The number of sulfonamides is 1. The van der Waals surface area contributed by atoms with Crippen LogP contribution in [-0.2, 0) is 10.0 Å². The molecule has 8 nitrogen and oxygen atoms in total. The van der Waals surface area contributed by atoms with Crippen molar-refractivity contribution in [3.8, 4) is 0 Å². The highest BCUT2D eigenvalue weighted by atomic mass is 35.5. The first kappa shape index (κ1) is 22.0. The third-order valence-electron chi connectivity index (χ3n) is 4.01. The third-order valence-corrected chi connectivity index (χ3v) is 5.62. The fourth-order valence-electron chi connectivity index (χ4n) is 2.51. The van der Waals surface area contributed by atoms with E-state index < -0.39 is 21.9 Å². The van der Waals surface area contributed by atoms with Gasteiger partial charge in [0.2, 0.25) is 0 Å². The molecule has 0 bridgehead atoms. The quantitative estimate of drug-likeness (QED) is 0.416. The Morgan fingerprint density at radius 1 is 0.935 bits per heavy atom. The molecule has 3 rings (SSSR count). The van der Waals surface area contributed by atoms with Gasteiger partial charge in [0.25, 0.3) is 15.9 Å². The van der Waals surface area contributed by atoms with Crippen LogP contribution in [0.15, 0.2) is 82.8 Å². The van der Waals surface area contributed by atoms with E-state index in [1.165, 1.54) is 60.8 Å². The number of nitrogens with zero attached hydrogens (tertiary/aromatic N) is 1. The first-order chi connectivity index (χ1) is 14.7. The molecule has 0 heterocycles. The van der Waals surface area contributed by atoms with Crippen LogP contribution < -0.4 is 15.3 Å². The van der Waals surface area contributed by atoms with Gasteiger partial charge in [-0.2, -0.15) is 5.10 Å². The van der Waals surface area contributed by atoms with Gasteiger partial charge in [-0.1, -0.05) is 48.0 Å². The van der Waals surface area contributed by atoms with Gasteiger partial charge in [-0.3, -0.25) is 9.52 Å². The summed E-state index contributed by atoms with van der Waals surface area (Å²) in [6.07, 6.45) is 1.32. The number of carboxylic acids is 1. The minimum Gasteiger partial charge on any atom is -0.545 e. The van der Waals surface area contributed by atoms with Crippen molar-refractivity contribution < 1.29 is 23.1 Å². The highest BCUT2D eigenvalue weighted by molar-refractivity contribution is 7.92. The van der Waals surface area contributed by atoms with E-state index in [1.807, 2.05) is 0 Å². The number of hydrazone groups is 1. The molecule has 0 saturated carbocycles.